The van der Waals surface area contributed by atoms with E-state index in [0.29, 0.717) is 0 Å². The van der Waals surface area contributed by atoms with Crippen molar-refractivity contribution in [3.05, 3.63) is 0 Å². The van der Waals surface area contributed by atoms with Gasteiger partial charge in [-0.1, -0.05) is 0 Å². The highest BCUT2D eigenvalue weighted by Crippen LogP contribution is 2.37. The first-order valence-electron chi connectivity index (χ1n) is 4.88. The van der Waals surface area contributed by atoms with E-state index in [2.05, 4.69) is 4.89 Å². The van der Waals surface area contributed by atoms with E-state index in [0.717, 1.165) is 0 Å². The average Bonchev–Trinajstić information content (AvgIpc) is 2.26. The number of carboxylic acid groups (broad SMARTS) is 3. The first-order chi connectivity index (χ1) is 7.90. The predicted octanol–water partition coefficient (Wildman–Crippen LogP) is -0.259. The van der Waals surface area contributed by atoms with Gasteiger partial charge in [0.25, 0.3) is 0 Å². The van der Waals surface area contributed by atoms with Crippen molar-refractivity contribution in [2.24, 2.45) is 17.8 Å². The van der Waals surface area contributed by atoms with Crippen LogP contribution in [0.2, 0.25) is 0 Å². The molecule has 0 heterocycles. The highest BCUT2D eigenvalue weighted by molar-refractivity contribution is 5.86. The number of hydrogen-bond acceptors (Lipinski definition) is 5. The van der Waals surface area contributed by atoms with E-state index in [4.69, 9.17) is 20.6 Å². The molecule has 0 aromatic carbocycles. The summed E-state index contributed by atoms with van der Waals surface area (Å²) in [6, 6.07) is 0. The molecule has 0 aromatic heterocycles. The zero-order chi connectivity index (χ0) is 13.2. The first-order valence-corrected chi connectivity index (χ1v) is 4.88. The fourth-order valence-corrected chi connectivity index (χ4v) is 2.22. The van der Waals surface area contributed by atoms with E-state index in [1.54, 1.807) is 0 Å². The number of rotatable bonds is 4. The summed E-state index contributed by atoms with van der Waals surface area (Å²) < 4.78 is 0. The van der Waals surface area contributed by atoms with Crippen LogP contribution in [0.15, 0.2) is 0 Å². The van der Waals surface area contributed by atoms with E-state index in [1.165, 1.54) is 0 Å². The molecular weight excluding hydrogens is 236 g/mol. The molecule has 1 saturated carbocycles. The van der Waals surface area contributed by atoms with Gasteiger partial charge in [0.05, 0.1) is 11.8 Å². The SMILES string of the molecule is O=C(O)C1CCC(OO)C(C(=O)O)C1C(=O)O. The number of carbonyl (C=O) groups is 3. The van der Waals surface area contributed by atoms with Gasteiger partial charge in [-0.2, -0.15) is 0 Å². The summed E-state index contributed by atoms with van der Waals surface area (Å²) in [6.45, 7) is 0. The maximum absolute atomic E-state index is 11.0. The fraction of sp³-hybridized carbons (Fsp3) is 0.667. The maximum Gasteiger partial charge on any atom is 0.310 e. The molecule has 0 saturated heterocycles. The van der Waals surface area contributed by atoms with Crippen LogP contribution in [0.1, 0.15) is 12.8 Å². The van der Waals surface area contributed by atoms with Crippen LogP contribution in [-0.4, -0.2) is 44.6 Å². The van der Waals surface area contributed by atoms with Crippen LogP contribution in [0, 0.1) is 17.8 Å². The molecule has 8 nitrogen and oxygen atoms in total. The lowest BCUT2D eigenvalue weighted by atomic mass is 9.70. The predicted molar refractivity (Wildman–Crippen MR) is 50.1 cm³/mol. The van der Waals surface area contributed by atoms with Crippen LogP contribution < -0.4 is 0 Å². The Morgan fingerprint density at radius 3 is 1.76 bits per heavy atom. The lowest BCUT2D eigenvalue weighted by Gasteiger charge is -2.34. The van der Waals surface area contributed by atoms with Crippen molar-refractivity contribution in [3.63, 3.8) is 0 Å². The highest BCUT2D eigenvalue weighted by atomic mass is 17.1. The van der Waals surface area contributed by atoms with E-state index in [9.17, 15) is 14.4 Å². The minimum atomic E-state index is -1.61. The third-order valence-electron chi connectivity index (χ3n) is 3.01. The van der Waals surface area contributed by atoms with Gasteiger partial charge in [-0.25, -0.2) is 4.89 Å². The number of aliphatic carboxylic acids is 3. The van der Waals surface area contributed by atoms with Gasteiger partial charge in [0.15, 0.2) is 0 Å². The van der Waals surface area contributed by atoms with Crippen LogP contribution in [0.25, 0.3) is 0 Å². The molecule has 0 aromatic rings. The smallest absolute Gasteiger partial charge is 0.310 e. The maximum atomic E-state index is 11.0. The van der Waals surface area contributed by atoms with Gasteiger partial charge in [0.1, 0.15) is 12.0 Å². The third-order valence-corrected chi connectivity index (χ3v) is 3.01. The molecular formula is C9H12O8. The molecule has 4 unspecified atom stereocenters. The topological polar surface area (TPSA) is 141 Å². The molecule has 0 bridgehead atoms. The van der Waals surface area contributed by atoms with Crippen LogP contribution in [0.5, 0.6) is 0 Å². The molecule has 0 amide bonds. The van der Waals surface area contributed by atoms with E-state index < -0.39 is 41.8 Å². The van der Waals surface area contributed by atoms with E-state index >= 15 is 0 Å². The summed E-state index contributed by atoms with van der Waals surface area (Å²) in [7, 11) is 0. The fourth-order valence-electron chi connectivity index (χ4n) is 2.22. The number of hydrogen-bond donors (Lipinski definition) is 4. The molecule has 4 atom stereocenters. The number of carboxylic acids is 3. The standard InChI is InChI=1S/C9H12O8/c10-7(11)3-1-2-4(17-16)6(9(14)15)5(3)8(12)13/h3-6,16H,1-2H2,(H,10,11)(H,12,13)(H,14,15). The summed E-state index contributed by atoms with van der Waals surface area (Å²) in [5.41, 5.74) is 0. The molecule has 0 aliphatic heterocycles. The Hall–Kier alpha value is -1.67. The second-order valence-electron chi connectivity index (χ2n) is 3.89. The zero-order valence-corrected chi connectivity index (χ0v) is 8.65. The Bertz CT molecular complexity index is 338. The molecule has 17 heavy (non-hydrogen) atoms. The van der Waals surface area contributed by atoms with Crippen molar-refractivity contribution < 1.29 is 39.8 Å². The van der Waals surface area contributed by atoms with Gasteiger partial charge in [-0.3, -0.25) is 19.6 Å². The quantitative estimate of drug-likeness (QED) is 0.394. The summed E-state index contributed by atoms with van der Waals surface area (Å²) in [5, 5.41) is 35.2. The van der Waals surface area contributed by atoms with Gasteiger partial charge in [-0.05, 0) is 12.8 Å². The van der Waals surface area contributed by atoms with Crippen molar-refractivity contribution in [3.8, 4) is 0 Å². The third kappa shape index (κ3) is 2.53. The van der Waals surface area contributed by atoms with Gasteiger partial charge in [0.2, 0.25) is 0 Å². The Balaban J connectivity index is 3.08. The van der Waals surface area contributed by atoms with Crippen LogP contribution in [0.3, 0.4) is 0 Å². The lowest BCUT2D eigenvalue weighted by molar-refractivity contribution is -0.300. The zero-order valence-electron chi connectivity index (χ0n) is 8.65. The van der Waals surface area contributed by atoms with Crippen molar-refractivity contribution in [1.29, 1.82) is 0 Å². The molecule has 4 N–H and O–H groups in total. The Morgan fingerprint density at radius 2 is 1.41 bits per heavy atom. The highest BCUT2D eigenvalue weighted by Gasteiger charge is 2.51. The monoisotopic (exact) mass is 248 g/mol. The van der Waals surface area contributed by atoms with Crippen molar-refractivity contribution in [2.75, 3.05) is 0 Å². The van der Waals surface area contributed by atoms with Gasteiger partial charge in [0, 0.05) is 0 Å². The van der Waals surface area contributed by atoms with Crippen molar-refractivity contribution in [1.82, 2.24) is 0 Å². The van der Waals surface area contributed by atoms with Gasteiger partial charge >= 0.3 is 17.9 Å². The largest absolute Gasteiger partial charge is 0.481 e. The van der Waals surface area contributed by atoms with Crippen LogP contribution in [-0.2, 0) is 19.3 Å². The molecule has 1 aliphatic rings. The molecule has 8 heteroatoms. The van der Waals surface area contributed by atoms with Crippen LogP contribution in [0.4, 0.5) is 0 Å². The summed E-state index contributed by atoms with van der Waals surface area (Å²) >= 11 is 0. The van der Waals surface area contributed by atoms with Gasteiger partial charge < -0.3 is 15.3 Å². The Kier molecular flexibility index (Phi) is 4.02. The molecule has 96 valence electrons. The molecule has 1 aliphatic carbocycles. The van der Waals surface area contributed by atoms with Gasteiger partial charge in [-0.15, -0.1) is 0 Å². The van der Waals surface area contributed by atoms with Crippen LogP contribution >= 0.6 is 0 Å². The molecule has 0 spiro atoms. The average molecular weight is 248 g/mol. The summed E-state index contributed by atoms with van der Waals surface area (Å²) in [6.07, 6.45) is -1.28. The Labute approximate surface area is 95.4 Å². The molecule has 1 fully saturated rings. The van der Waals surface area contributed by atoms with E-state index in [1.807, 2.05) is 0 Å². The molecule has 0 radical (unpaired) electrons. The second-order valence-corrected chi connectivity index (χ2v) is 3.89. The second kappa shape index (κ2) is 5.11. The normalized spacial score (nSPS) is 33.0. The van der Waals surface area contributed by atoms with Crippen molar-refractivity contribution >= 4 is 17.9 Å². The first kappa shape index (κ1) is 13.4. The lowest BCUT2D eigenvalue weighted by Crippen LogP contribution is -2.49. The summed E-state index contributed by atoms with van der Waals surface area (Å²) in [5.74, 6) is -8.86. The van der Waals surface area contributed by atoms with Crippen molar-refractivity contribution in [2.45, 2.75) is 18.9 Å². The summed E-state index contributed by atoms with van der Waals surface area (Å²) in [4.78, 5) is 36.8. The molecule has 1 rings (SSSR count). The Morgan fingerprint density at radius 1 is 0.882 bits per heavy atom. The van der Waals surface area contributed by atoms with E-state index in [-0.39, 0.29) is 12.8 Å². The minimum Gasteiger partial charge on any atom is -0.481 e. The minimum absolute atomic E-state index is 0.0196.